The zero-order valence-electron chi connectivity index (χ0n) is 11.7. The van der Waals surface area contributed by atoms with E-state index in [4.69, 9.17) is 4.74 Å². The van der Waals surface area contributed by atoms with Crippen LogP contribution in [0.5, 0.6) is 0 Å². The highest BCUT2D eigenvalue weighted by molar-refractivity contribution is 5.94. The van der Waals surface area contributed by atoms with Crippen LogP contribution in [0.15, 0.2) is 30.3 Å². The molecule has 2 rings (SSSR count). The minimum atomic E-state index is -0.159. The zero-order chi connectivity index (χ0) is 14.4. The second-order valence-electron chi connectivity index (χ2n) is 4.83. The average molecular weight is 276 g/mol. The van der Waals surface area contributed by atoms with Crippen LogP contribution in [0.4, 0.5) is 5.69 Å². The number of morpholine rings is 1. The van der Waals surface area contributed by atoms with E-state index in [1.54, 1.807) is 4.90 Å². The molecular formula is C15H20N2O3. The lowest BCUT2D eigenvalue weighted by Gasteiger charge is -2.32. The van der Waals surface area contributed by atoms with Gasteiger partial charge in [0.2, 0.25) is 5.91 Å². The number of para-hydroxylation sites is 1. The Morgan fingerprint density at radius 3 is 2.85 bits per heavy atom. The molecule has 1 unspecified atom stereocenters. The number of carbonyl (C=O) groups is 2. The molecule has 0 bridgehead atoms. The van der Waals surface area contributed by atoms with Crippen LogP contribution in [0.1, 0.15) is 19.8 Å². The summed E-state index contributed by atoms with van der Waals surface area (Å²) in [5.41, 5.74) is 0.866. The molecule has 1 atom stereocenters. The maximum absolute atomic E-state index is 11.9. The zero-order valence-corrected chi connectivity index (χ0v) is 11.7. The molecule has 1 fully saturated rings. The second kappa shape index (κ2) is 7.05. The van der Waals surface area contributed by atoms with E-state index in [0.29, 0.717) is 19.5 Å². The molecule has 1 aliphatic rings. The Kier molecular flexibility index (Phi) is 5.12. The minimum Gasteiger partial charge on any atom is -0.365 e. The summed E-state index contributed by atoms with van der Waals surface area (Å²) in [7, 11) is 0. The summed E-state index contributed by atoms with van der Waals surface area (Å²) in [4.78, 5) is 25.1. The van der Waals surface area contributed by atoms with Crippen molar-refractivity contribution in [3.8, 4) is 0 Å². The Hall–Kier alpha value is -1.88. The lowest BCUT2D eigenvalue weighted by molar-refractivity contribution is -0.129. The van der Waals surface area contributed by atoms with Crippen LogP contribution in [-0.2, 0) is 14.3 Å². The molecule has 0 radical (unpaired) electrons. The van der Waals surface area contributed by atoms with Crippen molar-refractivity contribution in [2.24, 2.45) is 0 Å². The molecule has 1 aromatic carbocycles. The third kappa shape index (κ3) is 3.81. The lowest BCUT2D eigenvalue weighted by Crippen LogP contribution is -2.50. The van der Waals surface area contributed by atoms with Crippen LogP contribution in [0, 0.1) is 0 Å². The van der Waals surface area contributed by atoms with E-state index in [1.807, 2.05) is 37.3 Å². The third-order valence-electron chi connectivity index (χ3n) is 3.20. The quantitative estimate of drug-likeness (QED) is 0.882. The predicted molar refractivity (Wildman–Crippen MR) is 76.5 cm³/mol. The summed E-state index contributed by atoms with van der Waals surface area (Å²) in [5.74, 6) is -0.0217. The standard InChI is InChI=1S/C15H20N2O3/c1-2-6-14(18)16-9-13-10-17(15(19)11-20-13)12-7-4-3-5-8-12/h3-5,7-8,13H,2,6,9-11H2,1H3,(H,16,18). The molecule has 5 heteroatoms. The van der Waals surface area contributed by atoms with Crippen molar-refractivity contribution in [3.05, 3.63) is 30.3 Å². The number of nitrogens with zero attached hydrogens (tertiary/aromatic N) is 1. The number of carbonyl (C=O) groups excluding carboxylic acids is 2. The Morgan fingerprint density at radius 2 is 2.15 bits per heavy atom. The molecule has 108 valence electrons. The molecule has 0 aromatic heterocycles. The van der Waals surface area contributed by atoms with Gasteiger partial charge in [-0.3, -0.25) is 9.59 Å². The van der Waals surface area contributed by atoms with Crippen LogP contribution in [0.3, 0.4) is 0 Å². The third-order valence-corrected chi connectivity index (χ3v) is 3.20. The number of ether oxygens (including phenoxy) is 1. The van der Waals surface area contributed by atoms with Crippen LogP contribution >= 0.6 is 0 Å². The van der Waals surface area contributed by atoms with Gasteiger partial charge in [-0.15, -0.1) is 0 Å². The molecule has 1 aliphatic heterocycles. The van der Waals surface area contributed by atoms with Gasteiger partial charge in [0.1, 0.15) is 6.61 Å². The van der Waals surface area contributed by atoms with E-state index in [9.17, 15) is 9.59 Å². The number of benzene rings is 1. The highest BCUT2D eigenvalue weighted by atomic mass is 16.5. The molecule has 2 amide bonds. The summed E-state index contributed by atoms with van der Waals surface area (Å²) in [6.45, 7) is 2.93. The first-order valence-electron chi connectivity index (χ1n) is 6.94. The molecule has 1 saturated heterocycles. The minimum absolute atomic E-state index is 0.0271. The summed E-state index contributed by atoms with van der Waals surface area (Å²) in [5, 5.41) is 2.84. The average Bonchev–Trinajstić information content (AvgIpc) is 2.47. The normalized spacial score (nSPS) is 18.9. The van der Waals surface area contributed by atoms with E-state index in [1.165, 1.54) is 0 Å². The predicted octanol–water partition coefficient (Wildman–Crippen LogP) is 1.33. The van der Waals surface area contributed by atoms with Crippen LogP contribution < -0.4 is 10.2 Å². The Balaban J connectivity index is 1.91. The smallest absolute Gasteiger partial charge is 0.253 e. The number of rotatable bonds is 5. The number of hydrogen-bond acceptors (Lipinski definition) is 3. The molecular weight excluding hydrogens is 256 g/mol. The van der Waals surface area contributed by atoms with Crippen molar-refractivity contribution in [1.82, 2.24) is 5.32 Å². The first-order chi connectivity index (χ1) is 9.70. The molecule has 0 spiro atoms. The fourth-order valence-electron chi connectivity index (χ4n) is 2.15. The Morgan fingerprint density at radius 1 is 1.40 bits per heavy atom. The van der Waals surface area contributed by atoms with Gasteiger partial charge in [0, 0.05) is 18.7 Å². The van der Waals surface area contributed by atoms with Gasteiger partial charge >= 0.3 is 0 Å². The maximum atomic E-state index is 11.9. The van der Waals surface area contributed by atoms with Crippen molar-refractivity contribution in [2.45, 2.75) is 25.9 Å². The van der Waals surface area contributed by atoms with Gasteiger partial charge in [-0.1, -0.05) is 25.1 Å². The van der Waals surface area contributed by atoms with Gasteiger partial charge in [-0.25, -0.2) is 0 Å². The van der Waals surface area contributed by atoms with E-state index >= 15 is 0 Å². The van der Waals surface area contributed by atoms with Gasteiger partial charge in [0.15, 0.2) is 0 Å². The Labute approximate surface area is 118 Å². The highest BCUT2D eigenvalue weighted by Crippen LogP contribution is 2.17. The molecule has 1 aromatic rings. The molecule has 5 nitrogen and oxygen atoms in total. The monoisotopic (exact) mass is 276 g/mol. The van der Waals surface area contributed by atoms with Crippen molar-refractivity contribution < 1.29 is 14.3 Å². The molecule has 1 heterocycles. The van der Waals surface area contributed by atoms with Crippen molar-refractivity contribution >= 4 is 17.5 Å². The molecule has 0 saturated carbocycles. The maximum Gasteiger partial charge on any atom is 0.253 e. The van der Waals surface area contributed by atoms with Gasteiger partial charge < -0.3 is 15.0 Å². The van der Waals surface area contributed by atoms with Crippen molar-refractivity contribution in [3.63, 3.8) is 0 Å². The fourth-order valence-corrected chi connectivity index (χ4v) is 2.15. The van der Waals surface area contributed by atoms with E-state index in [-0.39, 0.29) is 24.5 Å². The number of anilines is 1. The van der Waals surface area contributed by atoms with Crippen LogP contribution in [0.2, 0.25) is 0 Å². The number of nitrogens with one attached hydrogen (secondary N) is 1. The van der Waals surface area contributed by atoms with Crippen LogP contribution in [0.25, 0.3) is 0 Å². The largest absolute Gasteiger partial charge is 0.365 e. The summed E-state index contributed by atoms with van der Waals surface area (Å²) >= 11 is 0. The van der Waals surface area contributed by atoms with Gasteiger partial charge in [-0.05, 0) is 18.6 Å². The van der Waals surface area contributed by atoms with E-state index in [0.717, 1.165) is 12.1 Å². The first kappa shape index (κ1) is 14.5. The summed E-state index contributed by atoms with van der Waals surface area (Å²) < 4.78 is 5.46. The van der Waals surface area contributed by atoms with Gasteiger partial charge in [0.25, 0.3) is 5.91 Å². The molecule has 20 heavy (non-hydrogen) atoms. The second-order valence-corrected chi connectivity index (χ2v) is 4.83. The van der Waals surface area contributed by atoms with Crippen molar-refractivity contribution in [1.29, 1.82) is 0 Å². The fraction of sp³-hybridized carbons (Fsp3) is 0.467. The van der Waals surface area contributed by atoms with E-state index in [2.05, 4.69) is 5.32 Å². The first-order valence-corrected chi connectivity index (χ1v) is 6.94. The number of amides is 2. The number of hydrogen-bond donors (Lipinski definition) is 1. The highest BCUT2D eigenvalue weighted by Gasteiger charge is 2.27. The Bertz CT molecular complexity index is 461. The molecule has 1 N–H and O–H groups in total. The SMILES string of the molecule is CCCC(=O)NCC1CN(c2ccccc2)C(=O)CO1. The van der Waals surface area contributed by atoms with Gasteiger partial charge in [-0.2, -0.15) is 0 Å². The summed E-state index contributed by atoms with van der Waals surface area (Å²) in [6, 6.07) is 9.51. The lowest BCUT2D eigenvalue weighted by atomic mass is 10.2. The topological polar surface area (TPSA) is 58.6 Å². The van der Waals surface area contributed by atoms with Gasteiger partial charge in [0.05, 0.1) is 12.6 Å². The van der Waals surface area contributed by atoms with Crippen LogP contribution in [-0.4, -0.2) is 37.6 Å². The van der Waals surface area contributed by atoms with E-state index < -0.39 is 0 Å². The van der Waals surface area contributed by atoms with Crippen molar-refractivity contribution in [2.75, 3.05) is 24.6 Å². The molecule has 0 aliphatic carbocycles. The summed E-state index contributed by atoms with van der Waals surface area (Å²) in [6.07, 6.45) is 1.19.